The van der Waals surface area contributed by atoms with Crippen LogP contribution in [0, 0.1) is 11.6 Å². The largest absolute Gasteiger partial charge is 0.313 e. The van der Waals surface area contributed by atoms with E-state index in [0.29, 0.717) is 6.42 Å². The molecule has 0 spiro atoms. The van der Waals surface area contributed by atoms with Gasteiger partial charge in [-0.05, 0) is 38.4 Å². The minimum absolute atomic E-state index is 0.0710. The van der Waals surface area contributed by atoms with E-state index in [9.17, 15) is 17.2 Å². The third kappa shape index (κ3) is 3.10. The zero-order valence-electron chi connectivity index (χ0n) is 10.5. The van der Waals surface area contributed by atoms with Gasteiger partial charge in [0.25, 0.3) is 0 Å². The van der Waals surface area contributed by atoms with Crippen LogP contribution in [0.2, 0.25) is 0 Å². The number of nitrogens with one attached hydrogen (secondary N) is 2. The summed E-state index contributed by atoms with van der Waals surface area (Å²) in [5.41, 5.74) is 0. The predicted octanol–water partition coefficient (Wildman–Crippen LogP) is 1.38. The van der Waals surface area contributed by atoms with Crippen molar-refractivity contribution < 1.29 is 17.2 Å². The van der Waals surface area contributed by atoms with Gasteiger partial charge < -0.3 is 5.32 Å². The lowest BCUT2D eigenvalue weighted by atomic mass is 10.0. The van der Waals surface area contributed by atoms with Gasteiger partial charge in [0.05, 0.1) is 0 Å². The van der Waals surface area contributed by atoms with E-state index in [1.54, 1.807) is 0 Å². The van der Waals surface area contributed by atoms with E-state index in [1.165, 1.54) is 0 Å². The first-order valence-electron chi connectivity index (χ1n) is 6.11. The molecule has 2 rings (SSSR count). The lowest BCUT2D eigenvalue weighted by molar-refractivity contribution is 0.348. The van der Waals surface area contributed by atoms with E-state index in [1.807, 2.05) is 6.92 Å². The molecule has 2 unspecified atom stereocenters. The maximum Gasteiger partial charge on any atom is 0.246 e. The van der Waals surface area contributed by atoms with Crippen LogP contribution in [0.1, 0.15) is 19.8 Å². The van der Waals surface area contributed by atoms with E-state index in [0.717, 1.165) is 31.2 Å². The van der Waals surface area contributed by atoms with E-state index in [2.05, 4.69) is 10.0 Å². The van der Waals surface area contributed by atoms with Crippen LogP contribution in [-0.2, 0) is 10.0 Å². The first-order chi connectivity index (χ1) is 8.92. The lowest BCUT2D eigenvalue weighted by Crippen LogP contribution is -2.52. The fraction of sp³-hybridized carbons (Fsp3) is 0.500. The molecule has 1 heterocycles. The Kier molecular flexibility index (Phi) is 4.17. The van der Waals surface area contributed by atoms with Crippen LogP contribution < -0.4 is 10.0 Å². The zero-order valence-corrected chi connectivity index (χ0v) is 11.3. The SMILES string of the molecule is CC1NCCCC1NS(=O)(=O)c1c(F)cccc1F. The van der Waals surface area contributed by atoms with Gasteiger partial charge in [-0.15, -0.1) is 0 Å². The van der Waals surface area contributed by atoms with Crippen molar-refractivity contribution in [2.45, 2.75) is 36.7 Å². The van der Waals surface area contributed by atoms with Crippen molar-refractivity contribution >= 4 is 10.0 Å². The van der Waals surface area contributed by atoms with E-state index in [-0.39, 0.29) is 12.1 Å². The molecule has 0 amide bonds. The molecule has 0 saturated carbocycles. The number of hydrogen-bond acceptors (Lipinski definition) is 3. The van der Waals surface area contributed by atoms with Gasteiger partial charge in [0, 0.05) is 12.1 Å². The van der Waals surface area contributed by atoms with Crippen LogP contribution in [0.3, 0.4) is 0 Å². The lowest BCUT2D eigenvalue weighted by Gasteiger charge is -2.30. The Morgan fingerprint density at radius 3 is 2.53 bits per heavy atom. The molecule has 0 aromatic heterocycles. The summed E-state index contributed by atoms with van der Waals surface area (Å²) in [7, 11) is -4.19. The second-order valence-corrected chi connectivity index (χ2v) is 6.31. The van der Waals surface area contributed by atoms with Gasteiger partial charge in [0.2, 0.25) is 10.0 Å². The van der Waals surface area contributed by atoms with Gasteiger partial charge >= 0.3 is 0 Å². The average Bonchev–Trinajstić information content (AvgIpc) is 2.31. The highest BCUT2D eigenvalue weighted by Gasteiger charge is 2.30. The quantitative estimate of drug-likeness (QED) is 0.884. The summed E-state index contributed by atoms with van der Waals surface area (Å²) in [5.74, 6) is -2.16. The Labute approximate surface area is 111 Å². The molecular formula is C12H16F2N2O2S. The van der Waals surface area contributed by atoms with E-state index >= 15 is 0 Å². The van der Waals surface area contributed by atoms with Crippen LogP contribution in [0.5, 0.6) is 0 Å². The summed E-state index contributed by atoms with van der Waals surface area (Å²) in [6.45, 7) is 2.65. The predicted molar refractivity (Wildman–Crippen MR) is 67.2 cm³/mol. The van der Waals surface area contributed by atoms with Crippen molar-refractivity contribution in [1.29, 1.82) is 0 Å². The second-order valence-electron chi connectivity index (χ2n) is 4.66. The monoisotopic (exact) mass is 290 g/mol. The molecule has 2 atom stereocenters. The van der Waals surface area contributed by atoms with Crippen LogP contribution in [0.25, 0.3) is 0 Å². The van der Waals surface area contributed by atoms with Crippen molar-refractivity contribution in [3.63, 3.8) is 0 Å². The Hall–Kier alpha value is -1.05. The van der Waals surface area contributed by atoms with Gasteiger partial charge in [-0.2, -0.15) is 0 Å². The molecule has 19 heavy (non-hydrogen) atoms. The smallest absolute Gasteiger partial charge is 0.246 e. The van der Waals surface area contributed by atoms with E-state index in [4.69, 9.17) is 0 Å². The summed E-state index contributed by atoms with van der Waals surface area (Å²) in [6, 6.07) is 2.56. The maximum atomic E-state index is 13.5. The van der Waals surface area contributed by atoms with Crippen LogP contribution in [0.4, 0.5) is 8.78 Å². The molecule has 2 N–H and O–H groups in total. The van der Waals surface area contributed by atoms with Crippen molar-refractivity contribution in [2.75, 3.05) is 6.54 Å². The summed E-state index contributed by atoms with van der Waals surface area (Å²) in [4.78, 5) is -0.909. The molecule has 1 aromatic carbocycles. The Balaban J connectivity index is 2.27. The summed E-state index contributed by atoms with van der Waals surface area (Å²) in [5, 5.41) is 3.12. The first-order valence-corrected chi connectivity index (χ1v) is 7.60. The Bertz CT molecular complexity index is 543. The summed E-state index contributed by atoms with van der Waals surface area (Å²) < 4.78 is 53.6. The molecule has 7 heteroatoms. The minimum atomic E-state index is -4.19. The topological polar surface area (TPSA) is 58.2 Å². The Morgan fingerprint density at radius 1 is 1.32 bits per heavy atom. The highest BCUT2D eigenvalue weighted by molar-refractivity contribution is 7.89. The van der Waals surface area contributed by atoms with Crippen molar-refractivity contribution in [1.82, 2.24) is 10.0 Å². The average molecular weight is 290 g/mol. The van der Waals surface area contributed by atoms with Crippen molar-refractivity contribution in [2.24, 2.45) is 0 Å². The number of halogens is 2. The standard InChI is InChI=1S/C12H16F2N2O2S/c1-8-11(6-3-7-15-8)16-19(17,18)12-9(13)4-2-5-10(12)14/h2,4-5,8,11,15-16H,3,6-7H2,1H3. The first kappa shape index (κ1) is 14.4. The highest BCUT2D eigenvalue weighted by Crippen LogP contribution is 2.20. The zero-order chi connectivity index (χ0) is 14.0. The minimum Gasteiger partial charge on any atom is -0.313 e. The van der Waals surface area contributed by atoms with Gasteiger partial charge in [-0.3, -0.25) is 0 Å². The highest BCUT2D eigenvalue weighted by atomic mass is 32.2. The normalized spacial score (nSPS) is 24.4. The van der Waals surface area contributed by atoms with Crippen LogP contribution in [-0.4, -0.2) is 27.0 Å². The van der Waals surface area contributed by atoms with Crippen LogP contribution >= 0.6 is 0 Å². The number of sulfonamides is 1. The third-order valence-corrected chi connectivity index (χ3v) is 4.80. The summed E-state index contributed by atoms with van der Waals surface area (Å²) in [6.07, 6.45) is 1.46. The second kappa shape index (κ2) is 5.52. The molecule has 0 bridgehead atoms. The molecular weight excluding hydrogens is 274 g/mol. The van der Waals surface area contributed by atoms with Gasteiger partial charge in [-0.1, -0.05) is 6.07 Å². The molecule has 1 fully saturated rings. The third-order valence-electron chi connectivity index (χ3n) is 3.26. The maximum absolute atomic E-state index is 13.5. The fourth-order valence-corrected chi connectivity index (χ4v) is 3.69. The summed E-state index contributed by atoms with van der Waals surface area (Å²) >= 11 is 0. The molecule has 1 aliphatic heterocycles. The number of benzene rings is 1. The van der Waals surface area contributed by atoms with Crippen LogP contribution in [0.15, 0.2) is 23.1 Å². The molecule has 1 aliphatic rings. The molecule has 1 saturated heterocycles. The van der Waals surface area contributed by atoms with Gasteiger partial charge in [0.15, 0.2) is 4.90 Å². The number of rotatable bonds is 3. The van der Waals surface area contributed by atoms with Gasteiger partial charge in [-0.25, -0.2) is 21.9 Å². The molecule has 0 radical (unpaired) electrons. The molecule has 4 nitrogen and oxygen atoms in total. The Morgan fingerprint density at radius 2 is 1.95 bits per heavy atom. The van der Waals surface area contributed by atoms with Gasteiger partial charge in [0.1, 0.15) is 11.6 Å². The van der Waals surface area contributed by atoms with Crippen molar-refractivity contribution in [3.8, 4) is 0 Å². The number of piperidine rings is 1. The molecule has 106 valence electrons. The fourth-order valence-electron chi connectivity index (χ4n) is 2.20. The molecule has 1 aromatic rings. The number of hydrogen-bond donors (Lipinski definition) is 2. The molecule has 0 aliphatic carbocycles. The van der Waals surface area contributed by atoms with E-state index < -0.39 is 26.6 Å². The van der Waals surface area contributed by atoms with Crippen molar-refractivity contribution in [3.05, 3.63) is 29.8 Å².